The minimum atomic E-state index is -3.43. The molecule has 0 amide bonds. The topological polar surface area (TPSA) is 120 Å². The summed E-state index contributed by atoms with van der Waals surface area (Å²) in [6.07, 6.45) is 38.6. The first-order valence-corrected chi connectivity index (χ1v) is 28.7. The van der Waals surface area contributed by atoms with Crippen LogP contribution < -0.4 is 4.72 Å². The summed E-state index contributed by atoms with van der Waals surface area (Å²) in [5.74, 6) is -0.119. The van der Waals surface area contributed by atoms with Crippen molar-refractivity contribution < 1.29 is 37.0 Å². The maximum atomic E-state index is 12.9. The van der Waals surface area contributed by atoms with Crippen molar-refractivity contribution in [3.05, 3.63) is 0 Å². The number of ether oxygens (including phenoxy) is 4. The van der Waals surface area contributed by atoms with Crippen LogP contribution in [-0.4, -0.2) is 95.3 Å². The zero-order valence-corrected chi connectivity index (χ0v) is 42.6. The fourth-order valence-electron chi connectivity index (χ4n) is 8.63. The van der Waals surface area contributed by atoms with Crippen LogP contribution in [0.3, 0.4) is 0 Å². The summed E-state index contributed by atoms with van der Waals surface area (Å²) < 4.78 is 50.9. The maximum Gasteiger partial charge on any atom is 0.306 e. The van der Waals surface area contributed by atoms with Crippen molar-refractivity contribution in [1.29, 1.82) is 0 Å². The Kier molecular flexibility index (Phi) is 41.1. The molecule has 0 aromatic carbocycles. The van der Waals surface area contributed by atoms with Gasteiger partial charge < -0.3 is 23.8 Å². The van der Waals surface area contributed by atoms with Crippen molar-refractivity contribution >= 4 is 22.0 Å². The van der Waals surface area contributed by atoms with E-state index in [4.69, 9.17) is 18.9 Å². The molecule has 10 nitrogen and oxygen atoms in total. The van der Waals surface area contributed by atoms with Gasteiger partial charge in [-0.1, -0.05) is 163 Å². The Bertz CT molecular complexity index is 1120. The lowest BCUT2D eigenvalue weighted by atomic mass is 10.0. The highest BCUT2D eigenvalue weighted by Crippen LogP contribution is 2.19. The van der Waals surface area contributed by atoms with Gasteiger partial charge in [-0.05, 0) is 96.7 Å². The van der Waals surface area contributed by atoms with E-state index in [2.05, 4.69) is 37.3 Å². The highest BCUT2D eigenvalue weighted by atomic mass is 32.2. The molecule has 1 N–H and O–H groups in total. The number of hydrogen-bond donors (Lipinski definition) is 1. The van der Waals surface area contributed by atoms with E-state index >= 15 is 0 Å². The Labute approximate surface area is 389 Å². The molecule has 1 aliphatic heterocycles. The van der Waals surface area contributed by atoms with Gasteiger partial charge in [0.2, 0.25) is 10.0 Å². The predicted molar refractivity (Wildman–Crippen MR) is 263 cm³/mol. The minimum absolute atomic E-state index is 0.0118. The number of esters is 2. The van der Waals surface area contributed by atoms with E-state index in [1.54, 1.807) is 0 Å². The largest absolute Gasteiger partial charge is 0.462 e. The van der Waals surface area contributed by atoms with Crippen LogP contribution in [0.4, 0.5) is 0 Å². The molecule has 0 aromatic heterocycles. The molecule has 0 aromatic rings. The molecule has 1 fully saturated rings. The predicted octanol–water partition coefficient (Wildman–Crippen LogP) is 13.2. The van der Waals surface area contributed by atoms with Crippen LogP contribution in [0.5, 0.6) is 0 Å². The van der Waals surface area contributed by atoms with Gasteiger partial charge in [-0.3, -0.25) is 9.59 Å². The number of unbranched alkanes of at least 4 members (excludes halogenated alkanes) is 23. The molecule has 0 radical (unpaired) electrons. The molecule has 1 unspecified atom stereocenters. The van der Waals surface area contributed by atoms with Crippen LogP contribution in [-0.2, 0) is 38.6 Å². The normalized spacial score (nSPS) is 15.0. The van der Waals surface area contributed by atoms with Crippen molar-refractivity contribution in [1.82, 2.24) is 9.62 Å². The lowest BCUT2D eigenvalue weighted by Crippen LogP contribution is -2.39. The number of nitrogens with one attached hydrogen (secondary N) is 1. The van der Waals surface area contributed by atoms with Crippen LogP contribution in [0, 0.1) is 0 Å². The quantitative estimate of drug-likeness (QED) is 0.0470. The molecule has 0 aliphatic carbocycles. The van der Waals surface area contributed by atoms with E-state index < -0.39 is 16.1 Å². The van der Waals surface area contributed by atoms with E-state index in [1.807, 2.05) is 0 Å². The van der Waals surface area contributed by atoms with Crippen LogP contribution in [0.15, 0.2) is 0 Å². The lowest BCUT2D eigenvalue weighted by molar-refractivity contribution is -0.150. The monoisotopic (exact) mass is 915 g/mol. The van der Waals surface area contributed by atoms with E-state index in [9.17, 15) is 18.0 Å². The molecule has 374 valence electrons. The van der Waals surface area contributed by atoms with Crippen LogP contribution in [0.25, 0.3) is 0 Å². The first-order chi connectivity index (χ1) is 30.7. The van der Waals surface area contributed by atoms with Crippen molar-refractivity contribution in [3.8, 4) is 0 Å². The minimum Gasteiger partial charge on any atom is -0.462 e. The first-order valence-electron chi connectivity index (χ1n) is 27.0. The second-order valence-electron chi connectivity index (χ2n) is 18.8. The summed E-state index contributed by atoms with van der Waals surface area (Å²) in [5.41, 5.74) is 0. The molecule has 0 bridgehead atoms. The number of sulfonamides is 1. The fourth-order valence-corrected chi connectivity index (χ4v) is 9.88. The average Bonchev–Trinajstić information content (AvgIpc) is 3.27. The Morgan fingerprint density at radius 1 is 0.540 bits per heavy atom. The Hall–Kier alpha value is -1.27. The smallest absolute Gasteiger partial charge is 0.306 e. The van der Waals surface area contributed by atoms with Crippen LogP contribution in [0.1, 0.15) is 252 Å². The molecule has 11 heteroatoms. The van der Waals surface area contributed by atoms with Gasteiger partial charge in [0.05, 0.1) is 31.7 Å². The van der Waals surface area contributed by atoms with Crippen molar-refractivity contribution in [2.24, 2.45) is 0 Å². The summed E-state index contributed by atoms with van der Waals surface area (Å²) in [7, 11) is -3.43. The summed E-state index contributed by atoms with van der Waals surface area (Å²) in [4.78, 5) is 27.9. The number of carbonyl (C=O) groups excluding carboxylic acids is 2. The van der Waals surface area contributed by atoms with Gasteiger partial charge in [-0.2, -0.15) is 0 Å². The highest BCUT2D eigenvalue weighted by Gasteiger charge is 2.22. The second kappa shape index (κ2) is 43.3. The van der Waals surface area contributed by atoms with E-state index in [0.29, 0.717) is 39.2 Å². The first kappa shape index (κ1) is 59.7. The molecule has 0 saturated carbocycles. The van der Waals surface area contributed by atoms with Gasteiger partial charge in [-0.25, -0.2) is 13.1 Å². The van der Waals surface area contributed by atoms with E-state index in [1.165, 1.54) is 96.3 Å². The SMILES string of the molecule is CCCCCCCCC(CC)OC(=O)CCCCCCCN(CCCCCCCC(=O)OC(CCCCCCCC)CCCCCCCC)CCCNS(=O)(=O)C[C@H]1COCCO1. The molecule has 63 heavy (non-hydrogen) atoms. The van der Waals surface area contributed by atoms with Gasteiger partial charge in [0.15, 0.2) is 0 Å². The number of hydrogen-bond acceptors (Lipinski definition) is 9. The van der Waals surface area contributed by atoms with Crippen LogP contribution >= 0.6 is 0 Å². The molecular formula is C52H102N2O8S. The molecule has 1 saturated heterocycles. The third-order valence-electron chi connectivity index (χ3n) is 12.7. The molecular weight excluding hydrogens is 813 g/mol. The fraction of sp³-hybridized carbons (Fsp3) is 0.962. The maximum absolute atomic E-state index is 12.9. The second-order valence-corrected chi connectivity index (χ2v) is 20.6. The molecule has 2 atom stereocenters. The Balaban J connectivity index is 2.43. The van der Waals surface area contributed by atoms with Gasteiger partial charge in [0, 0.05) is 19.4 Å². The highest BCUT2D eigenvalue weighted by molar-refractivity contribution is 7.89. The molecule has 1 heterocycles. The Morgan fingerprint density at radius 2 is 0.952 bits per heavy atom. The number of rotatable bonds is 47. The summed E-state index contributed by atoms with van der Waals surface area (Å²) in [5, 5.41) is 0. The molecule has 0 spiro atoms. The van der Waals surface area contributed by atoms with E-state index in [0.717, 1.165) is 135 Å². The number of carbonyl (C=O) groups is 2. The molecule has 1 rings (SSSR count). The van der Waals surface area contributed by atoms with Gasteiger partial charge in [0.1, 0.15) is 12.2 Å². The van der Waals surface area contributed by atoms with Crippen molar-refractivity contribution in [3.63, 3.8) is 0 Å². The van der Waals surface area contributed by atoms with Crippen LogP contribution in [0.2, 0.25) is 0 Å². The van der Waals surface area contributed by atoms with Gasteiger partial charge >= 0.3 is 11.9 Å². The standard InChI is InChI=1S/C52H102N2O8S/c1-5-9-12-15-20-27-35-48(8-4)61-51(55)38-30-23-18-25-32-41-54(43-34-40-53-63(57,58)47-50-46-59-44-45-60-50)42-33-26-19-24-31-39-52(56)62-49(36-28-21-16-13-10-6-2)37-29-22-17-14-11-7-3/h48-50,53H,5-47H2,1-4H3/t48?,50-/m1/s1. The lowest BCUT2D eigenvalue weighted by Gasteiger charge is -2.24. The zero-order chi connectivity index (χ0) is 45.9. The van der Waals surface area contributed by atoms with Gasteiger partial charge in [-0.15, -0.1) is 0 Å². The summed E-state index contributed by atoms with van der Waals surface area (Å²) >= 11 is 0. The van der Waals surface area contributed by atoms with Crippen molar-refractivity contribution in [2.45, 2.75) is 271 Å². The zero-order valence-electron chi connectivity index (χ0n) is 41.8. The van der Waals surface area contributed by atoms with Crippen molar-refractivity contribution in [2.75, 3.05) is 51.8 Å². The summed E-state index contributed by atoms with van der Waals surface area (Å²) in [6, 6.07) is 0. The third kappa shape index (κ3) is 38.5. The third-order valence-corrected chi connectivity index (χ3v) is 14.1. The number of nitrogens with zero attached hydrogens (tertiary/aromatic N) is 1. The Morgan fingerprint density at radius 3 is 1.41 bits per heavy atom. The molecule has 1 aliphatic rings. The summed E-state index contributed by atoms with van der Waals surface area (Å²) in [6.45, 7) is 13.4. The average molecular weight is 915 g/mol. The van der Waals surface area contributed by atoms with E-state index in [-0.39, 0.29) is 29.9 Å². The van der Waals surface area contributed by atoms with Gasteiger partial charge in [0.25, 0.3) is 0 Å².